The van der Waals surface area contributed by atoms with Gasteiger partial charge in [0.25, 0.3) is 5.91 Å². The summed E-state index contributed by atoms with van der Waals surface area (Å²) in [5.41, 5.74) is 2.23. The maximum atomic E-state index is 12.3. The highest BCUT2D eigenvalue weighted by Crippen LogP contribution is 2.43. The summed E-state index contributed by atoms with van der Waals surface area (Å²) < 4.78 is 11.6. The van der Waals surface area contributed by atoms with Gasteiger partial charge in [-0.25, -0.2) is 0 Å². The minimum absolute atomic E-state index is 0.140. The first-order valence-electron chi connectivity index (χ1n) is 11.5. The summed E-state index contributed by atoms with van der Waals surface area (Å²) in [6.07, 6.45) is 8.03. The molecular formula is C23H34N2O3S. The van der Waals surface area contributed by atoms with Crippen molar-refractivity contribution in [2.75, 3.05) is 32.8 Å². The van der Waals surface area contributed by atoms with Crippen molar-refractivity contribution in [1.82, 2.24) is 10.2 Å². The molecule has 0 unspecified atom stereocenters. The Kier molecular flexibility index (Phi) is 5.71. The molecule has 0 aromatic carbocycles. The number of rotatable bonds is 5. The van der Waals surface area contributed by atoms with Crippen LogP contribution in [0.3, 0.4) is 0 Å². The van der Waals surface area contributed by atoms with Crippen LogP contribution in [0.25, 0.3) is 0 Å². The number of hydrogen-bond donors (Lipinski definition) is 1. The SMILES string of the molecule is Cc1c([C@H](C)C2CCC(N3CC(O[C@@H]4CCOC4)C3)CC2)sc2c1C(=O)NCC2. The molecule has 3 aliphatic heterocycles. The number of carbonyl (C=O) groups is 1. The Morgan fingerprint density at radius 1 is 1.17 bits per heavy atom. The Balaban J connectivity index is 1.13. The van der Waals surface area contributed by atoms with Gasteiger partial charge in [0.15, 0.2) is 0 Å². The number of thiophene rings is 1. The van der Waals surface area contributed by atoms with Gasteiger partial charge in [0.2, 0.25) is 0 Å². The molecule has 2 atom stereocenters. The Bertz CT molecular complexity index is 744. The van der Waals surface area contributed by atoms with Crippen molar-refractivity contribution in [3.63, 3.8) is 0 Å². The zero-order valence-electron chi connectivity index (χ0n) is 17.7. The molecule has 3 fully saturated rings. The molecule has 4 heterocycles. The third kappa shape index (κ3) is 3.89. The van der Waals surface area contributed by atoms with Gasteiger partial charge in [-0.2, -0.15) is 0 Å². The van der Waals surface area contributed by atoms with Crippen molar-refractivity contribution in [3.8, 4) is 0 Å². The zero-order valence-corrected chi connectivity index (χ0v) is 18.6. The Morgan fingerprint density at radius 3 is 2.66 bits per heavy atom. The van der Waals surface area contributed by atoms with Crippen LogP contribution in [-0.4, -0.2) is 61.9 Å². The van der Waals surface area contributed by atoms with Crippen LogP contribution in [0, 0.1) is 12.8 Å². The lowest BCUT2D eigenvalue weighted by Crippen LogP contribution is -2.58. The summed E-state index contributed by atoms with van der Waals surface area (Å²) in [7, 11) is 0. The zero-order chi connectivity index (χ0) is 20.0. The summed E-state index contributed by atoms with van der Waals surface area (Å²) in [6.45, 7) is 9.20. The van der Waals surface area contributed by atoms with Crippen LogP contribution in [0.1, 0.15) is 70.6 Å². The van der Waals surface area contributed by atoms with E-state index in [1.807, 2.05) is 11.3 Å². The lowest BCUT2D eigenvalue weighted by molar-refractivity contribution is -0.110. The lowest BCUT2D eigenvalue weighted by Gasteiger charge is -2.47. The second kappa shape index (κ2) is 8.29. The molecule has 6 heteroatoms. The van der Waals surface area contributed by atoms with E-state index in [1.54, 1.807) is 0 Å². The summed E-state index contributed by atoms with van der Waals surface area (Å²) in [5, 5.41) is 3.01. The van der Waals surface area contributed by atoms with E-state index in [0.717, 1.165) is 63.2 Å². The smallest absolute Gasteiger partial charge is 0.252 e. The summed E-state index contributed by atoms with van der Waals surface area (Å²) in [5.74, 6) is 1.45. The summed E-state index contributed by atoms with van der Waals surface area (Å²) in [4.78, 5) is 17.7. The van der Waals surface area contributed by atoms with Crippen LogP contribution in [0.5, 0.6) is 0 Å². The lowest BCUT2D eigenvalue weighted by atomic mass is 9.76. The molecule has 1 aliphatic carbocycles. The van der Waals surface area contributed by atoms with E-state index in [-0.39, 0.29) is 5.91 Å². The standard InChI is InChI=1S/C23H34N2O3S/c1-14(22-15(2)21-20(29-22)7-9-24-23(21)26)16-3-5-17(6-4-16)25-11-19(12-25)28-18-8-10-27-13-18/h14,16-19H,3-13H2,1-2H3,(H,24,26)/t14-,16?,17?,18-/m1/s1. The minimum Gasteiger partial charge on any atom is -0.379 e. The number of likely N-dealkylation sites (tertiary alicyclic amines) is 1. The molecule has 1 N–H and O–H groups in total. The molecule has 0 bridgehead atoms. The quantitative estimate of drug-likeness (QED) is 0.795. The van der Waals surface area contributed by atoms with E-state index in [0.29, 0.717) is 18.1 Å². The Morgan fingerprint density at radius 2 is 1.97 bits per heavy atom. The molecule has 0 radical (unpaired) electrons. The summed E-state index contributed by atoms with van der Waals surface area (Å²) in [6, 6.07) is 0.738. The van der Waals surface area contributed by atoms with Gasteiger partial charge in [0, 0.05) is 42.0 Å². The van der Waals surface area contributed by atoms with Crippen LogP contribution < -0.4 is 5.32 Å². The van der Waals surface area contributed by atoms with E-state index in [2.05, 4.69) is 24.1 Å². The molecule has 1 aromatic rings. The van der Waals surface area contributed by atoms with Gasteiger partial charge in [-0.15, -0.1) is 11.3 Å². The van der Waals surface area contributed by atoms with Crippen molar-refractivity contribution in [3.05, 3.63) is 20.9 Å². The summed E-state index contributed by atoms with van der Waals surface area (Å²) >= 11 is 1.91. The monoisotopic (exact) mass is 418 g/mol. The molecule has 2 saturated heterocycles. The second-order valence-electron chi connectivity index (χ2n) is 9.45. The van der Waals surface area contributed by atoms with E-state index in [9.17, 15) is 4.79 Å². The number of ether oxygens (including phenoxy) is 2. The van der Waals surface area contributed by atoms with Crippen molar-refractivity contribution in [1.29, 1.82) is 0 Å². The van der Waals surface area contributed by atoms with Crippen LogP contribution in [0.15, 0.2) is 0 Å². The van der Waals surface area contributed by atoms with Crippen LogP contribution in [0.2, 0.25) is 0 Å². The highest BCUT2D eigenvalue weighted by molar-refractivity contribution is 7.12. The average molecular weight is 419 g/mol. The molecular weight excluding hydrogens is 384 g/mol. The molecule has 1 saturated carbocycles. The van der Waals surface area contributed by atoms with Crippen LogP contribution >= 0.6 is 11.3 Å². The minimum atomic E-state index is 0.140. The number of hydrogen-bond acceptors (Lipinski definition) is 5. The average Bonchev–Trinajstić information content (AvgIpc) is 3.32. The molecule has 1 amide bonds. The van der Waals surface area contributed by atoms with Crippen LogP contribution in [0.4, 0.5) is 0 Å². The van der Waals surface area contributed by atoms with Gasteiger partial charge in [0.1, 0.15) is 0 Å². The fourth-order valence-electron chi connectivity index (χ4n) is 5.81. The molecule has 29 heavy (non-hydrogen) atoms. The number of fused-ring (bicyclic) bond motifs is 1. The predicted molar refractivity (Wildman–Crippen MR) is 115 cm³/mol. The highest BCUT2D eigenvalue weighted by Gasteiger charge is 2.38. The van der Waals surface area contributed by atoms with Gasteiger partial charge in [-0.05, 0) is 62.8 Å². The second-order valence-corrected chi connectivity index (χ2v) is 10.6. The third-order valence-corrected chi connectivity index (χ3v) is 9.20. The Hall–Kier alpha value is -0.950. The van der Waals surface area contributed by atoms with Crippen molar-refractivity contribution in [2.45, 2.75) is 76.5 Å². The van der Waals surface area contributed by atoms with Crippen molar-refractivity contribution >= 4 is 17.2 Å². The number of nitrogens with one attached hydrogen (secondary N) is 1. The third-order valence-electron chi connectivity index (χ3n) is 7.65. The van der Waals surface area contributed by atoms with Crippen LogP contribution in [-0.2, 0) is 15.9 Å². The molecule has 5 nitrogen and oxygen atoms in total. The van der Waals surface area contributed by atoms with E-state index in [4.69, 9.17) is 9.47 Å². The van der Waals surface area contributed by atoms with E-state index < -0.39 is 0 Å². The van der Waals surface area contributed by atoms with Crippen molar-refractivity contribution < 1.29 is 14.3 Å². The normalized spacial score (nSPS) is 31.9. The fourth-order valence-corrected chi connectivity index (χ4v) is 7.26. The fraction of sp³-hybridized carbons (Fsp3) is 0.783. The number of nitrogens with zero attached hydrogens (tertiary/aromatic N) is 1. The van der Waals surface area contributed by atoms with Gasteiger partial charge in [-0.1, -0.05) is 6.92 Å². The van der Waals surface area contributed by atoms with Gasteiger partial charge in [0.05, 0.1) is 24.4 Å². The van der Waals surface area contributed by atoms with Crippen molar-refractivity contribution in [2.24, 2.45) is 5.92 Å². The number of amides is 1. The highest BCUT2D eigenvalue weighted by atomic mass is 32.1. The topological polar surface area (TPSA) is 50.8 Å². The first-order chi connectivity index (χ1) is 14.1. The Labute approximate surface area is 178 Å². The first-order valence-corrected chi connectivity index (χ1v) is 12.3. The maximum absolute atomic E-state index is 12.3. The first kappa shape index (κ1) is 20.0. The van der Waals surface area contributed by atoms with Gasteiger partial charge < -0.3 is 14.8 Å². The van der Waals surface area contributed by atoms with Gasteiger partial charge in [-0.3, -0.25) is 9.69 Å². The number of carbonyl (C=O) groups excluding carboxylic acids is 1. The maximum Gasteiger partial charge on any atom is 0.252 e. The molecule has 160 valence electrons. The largest absolute Gasteiger partial charge is 0.379 e. The molecule has 1 aromatic heterocycles. The molecule has 0 spiro atoms. The predicted octanol–water partition coefficient (Wildman–Crippen LogP) is 3.49. The van der Waals surface area contributed by atoms with Gasteiger partial charge >= 0.3 is 0 Å². The van der Waals surface area contributed by atoms with E-state index in [1.165, 1.54) is 41.0 Å². The molecule has 5 rings (SSSR count). The van der Waals surface area contributed by atoms with E-state index >= 15 is 0 Å². The molecule has 4 aliphatic rings.